The van der Waals surface area contributed by atoms with Gasteiger partial charge in [0, 0.05) is 0 Å². The average molecular weight is 184 g/mol. The van der Waals surface area contributed by atoms with E-state index in [1.165, 1.54) is 5.57 Å². The third kappa shape index (κ3) is 2.22. The van der Waals surface area contributed by atoms with Crippen LogP contribution in [0.25, 0.3) is 0 Å². The molecule has 0 aliphatic heterocycles. The first-order valence-electron chi connectivity index (χ1n) is 4.75. The summed E-state index contributed by atoms with van der Waals surface area (Å²) in [5.41, 5.74) is 3.07. The summed E-state index contributed by atoms with van der Waals surface area (Å²) in [6, 6.07) is 0. The molecule has 0 aliphatic rings. The van der Waals surface area contributed by atoms with Crippen molar-refractivity contribution in [3.63, 3.8) is 0 Å². The maximum Gasteiger partial charge on any atom is 0.0545 e. The Labute approximate surface area is 79.1 Å². The van der Waals surface area contributed by atoms with Crippen molar-refractivity contribution in [3.8, 4) is 0 Å². The van der Waals surface area contributed by atoms with Gasteiger partial charge >= 0.3 is 0 Å². The molecule has 0 fully saturated rings. The lowest BCUT2D eigenvalue weighted by molar-refractivity contribution is 0.743. The highest BCUT2D eigenvalue weighted by molar-refractivity contribution is 6.79. The molecule has 1 heteroatoms. The third-order valence-corrected chi connectivity index (χ3v) is 7.69. The molecule has 0 N–H and O–H groups in total. The van der Waals surface area contributed by atoms with Crippen molar-refractivity contribution in [3.05, 3.63) is 11.1 Å². The Hall–Kier alpha value is -0.0431. The third-order valence-electron chi connectivity index (χ3n) is 3.56. The maximum absolute atomic E-state index is 2.44. The van der Waals surface area contributed by atoms with Crippen LogP contribution in [0.15, 0.2) is 11.1 Å². The average Bonchev–Trinajstić information content (AvgIpc) is 1.83. The first kappa shape index (κ1) is 12.0. The summed E-state index contributed by atoms with van der Waals surface area (Å²) in [4.78, 5) is 0. The van der Waals surface area contributed by atoms with E-state index in [0.717, 1.165) is 0 Å². The SMILES string of the molecule is CC(C)=C(C)C(C)(C)[Si](C)(C)C. The largest absolute Gasteiger partial charge is 0.0773 e. The summed E-state index contributed by atoms with van der Waals surface area (Å²) in [6.07, 6.45) is 0. The van der Waals surface area contributed by atoms with Crippen molar-refractivity contribution in [2.45, 2.75) is 59.3 Å². The molecule has 72 valence electrons. The Balaban J connectivity index is 5.01. The molecule has 0 unspecified atom stereocenters. The smallest absolute Gasteiger partial charge is 0.0545 e. The maximum atomic E-state index is 2.44. The predicted molar refractivity (Wildman–Crippen MR) is 61.4 cm³/mol. The lowest BCUT2D eigenvalue weighted by Gasteiger charge is -2.39. The number of rotatable bonds is 2. The van der Waals surface area contributed by atoms with E-state index >= 15 is 0 Å². The van der Waals surface area contributed by atoms with E-state index in [0.29, 0.717) is 5.04 Å². The molecule has 0 amide bonds. The molecule has 0 atom stereocenters. The van der Waals surface area contributed by atoms with Crippen LogP contribution in [-0.2, 0) is 0 Å². The summed E-state index contributed by atoms with van der Waals surface area (Å²) in [5.74, 6) is 0. The minimum Gasteiger partial charge on any atom is -0.0773 e. The lowest BCUT2D eigenvalue weighted by atomic mass is 9.99. The van der Waals surface area contributed by atoms with Gasteiger partial charge in [-0.05, 0) is 25.8 Å². The van der Waals surface area contributed by atoms with Crippen molar-refractivity contribution in [1.82, 2.24) is 0 Å². The number of allylic oxidation sites excluding steroid dienone is 2. The van der Waals surface area contributed by atoms with E-state index in [2.05, 4.69) is 54.3 Å². The fourth-order valence-electron chi connectivity index (χ4n) is 1.19. The zero-order chi connectivity index (χ0) is 10.2. The van der Waals surface area contributed by atoms with Crippen LogP contribution in [0.5, 0.6) is 0 Å². The van der Waals surface area contributed by atoms with Crippen LogP contribution in [0.1, 0.15) is 34.6 Å². The fraction of sp³-hybridized carbons (Fsp3) is 0.818. The van der Waals surface area contributed by atoms with Gasteiger partial charge in [0.1, 0.15) is 0 Å². The molecular weight excluding hydrogens is 160 g/mol. The Bertz CT molecular complexity index is 188. The highest BCUT2D eigenvalue weighted by Crippen LogP contribution is 2.44. The van der Waals surface area contributed by atoms with Crippen molar-refractivity contribution in [2.24, 2.45) is 0 Å². The van der Waals surface area contributed by atoms with E-state index < -0.39 is 8.07 Å². The zero-order valence-corrected chi connectivity index (χ0v) is 11.0. The van der Waals surface area contributed by atoms with Gasteiger partial charge in [-0.25, -0.2) is 0 Å². The predicted octanol–water partition coefficient (Wildman–Crippen LogP) is 4.46. The lowest BCUT2D eigenvalue weighted by Crippen LogP contribution is -2.36. The molecule has 0 aromatic carbocycles. The summed E-state index contributed by atoms with van der Waals surface area (Å²) in [6.45, 7) is 18.8. The number of hydrogen-bond acceptors (Lipinski definition) is 0. The Kier molecular flexibility index (Phi) is 3.36. The second-order valence-electron chi connectivity index (χ2n) is 5.50. The molecule has 0 saturated carbocycles. The van der Waals surface area contributed by atoms with Crippen LogP contribution < -0.4 is 0 Å². The van der Waals surface area contributed by atoms with Crippen LogP contribution in [-0.4, -0.2) is 8.07 Å². The second kappa shape index (κ2) is 3.37. The molecule has 0 aromatic rings. The topological polar surface area (TPSA) is 0 Å². The molecule has 0 saturated heterocycles. The molecule has 0 nitrogen and oxygen atoms in total. The van der Waals surface area contributed by atoms with Crippen LogP contribution in [0.2, 0.25) is 24.7 Å². The van der Waals surface area contributed by atoms with Crippen LogP contribution >= 0.6 is 0 Å². The summed E-state index contributed by atoms with van der Waals surface area (Å²) in [7, 11) is -1.07. The first-order chi connectivity index (χ1) is 5.10. The zero-order valence-electron chi connectivity index (χ0n) is 10.0. The minimum atomic E-state index is -1.07. The molecule has 0 spiro atoms. The van der Waals surface area contributed by atoms with E-state index in [1.807, 2.05) is 0 Å². The van der Waals surface area contributed by atoms with Gasteiger partial charge in [-0.2, -0.15) is 0 Å². The Morgan fingerprint density at radius 2 is 1.25 bits per heavy atom. The van der Waals surface area contributed by atoms with Gasteiger partial charge in [0.05, 0.1) is 8.07 Å². The van der Waals surface area contributed by atoms with Crippen molar-refractivity contribution in [2.75, 3.05) is 0 Å². The van der Waals surface area contributed by atoms with Gasteiger partial charge in [0.2, 0.25) is 0 Å². The summed E-state index contributed by atoms with van der Waals surface area (Å²) in [5, 5.41) is 0.436. The van der Waals surface area contributed by atoms with Crippen LogP contribution in [0.3, 0.4) is 0 Å². The normalized spacial score (nSPS) is 13.0. The van der Waals surface area contributed by atoms with E-state index in [-0.39, 0.29) is 0 Å². The molecular formula is C11H24Si. The first-order valence-corrected chi connectivity index (χ1v) is 8.25. The second-order valence-corrected chi connectivity index (χ2v) is 11.2. The van der Waals surface area contributed by atoms with Gasteiger partial charge < -0.3 is 0 Å². The van der Waals surface area contributed by atoms with Gasteiger partial charge in [-0.1, -0.05) is 44.6 Å². The van der Waals surface area contributed by atoms with E-state index in [4.69, 9.17) is 0 Å². The van der Waals surface area contributed by atoms with E-state index in [9.17, 15) is 0 Å². The highest BCUT2D eigenvalue weighted by Gasteiger charge is 2.36. The van der Waals surface area contributed by atoms with Crippen molar-refractivity contribution >= 4 is 8.07 Å². The highest BCUT2D eigenvalue weighted by atomic mass is 28.3. The summed E-state index contributed by atoms with van der Waals surface area (Å²) < 4.78 is 0. The van der Waals surface area contributed by atoms with Crippen molar-refractivity contribution < 1.29 is 0 Å². The van der Waals surface area contributed by atoms with Crippen LogP contribution in [0.4, 0.5) is 0 Å². The Morgan fingerprint density at radius 3 is 1.33 bits per heavy atom. The summed E-state index contributed by atoms with van der Waals surface area (Å²) >= 11 is 0. The van der Waals surface area contributed by atoms with Gasteiger partial charge in [0.25, 0.3) is 0 Å². The van der Waals surface area contributed by atoms with E-state index in [1.54, 1.807) is 5.57 Å². The molecule has 0 radical (unpaired) electrons. The quantitative estimate of drug-likeness (QED) is 0.439. The van der Waals surface area contributed by atoms with Crippen LogP contribution in [0, 0.1) is 0 Å². The Morgan fingerprint density at radius 1 is 0.917 bits per heavy atom. The molecule has 0 aromatic heterocycles. The minimum absolute atomic E-state index is 0.436. The number of hydrogen-bond donors (Lipinski definition) is 0. The van der Waals surface area contributed by atoms with Gasteiger partial charge in [-0.3, -0.25) is 0 Å². The molecule has 0 heterocycles. The molecule has 12 heavy (non-hydrogen) atoms. The molecule has 0 bridgehead atoms. The van der Waals surface area contributed by atoms with Crippen molar-refractivity contribution in [1.29, 1.82) is 0 Å². The monoisotopic (exact) mass is 184 g/mol. The fourth-order valence-corrected chi connectivity index (χ4v) is 2.56. The molecule has 0 rings (SSSR count). The molecule has 0 aliphatic carbocycles. The standard InChI is InChI=1S/C11H24Si/c1-9(2)10(3)11(4,5)12(6,7)8/h1-8H3. The van der Waals surface area contributed by atoms with Gasteiger partial charge in [0.15, 0.2) is 0 Å². The van der Waals surface area contributed by atoms with Gasteiger partial charge in [-0.15, -0.1) is 0 Å².